The van der Waals surface area contributed by atoms with E-state index < -0.39 is 0 Å². The van der Waals surface area contributed by atoms with E-state index in [1.54, 1.807) is 0 Å². The summed E-state index contributed by atoms with van der Waals surface area (Å²) in [6.07, 6.45) is 2.62. The lowest BCUT2D eigenvalue weighted by Crippen LogP contribution is -2.49. The summed E-state index contributed by atoms with van der Waals surface area (Å²) >= 11 is 0. The van der Waals surface area contributed by atoms with Crippen LogP contribution in [-0.2, 0) is 16.0 Å². The normalized spacial score (nSPS) is 22.8. The second kappa shape index (κ2) is 7.41. The highest BCUT2D eigenvalue weighted by Crippen LogP contribution is 2.15. The predicted octanol–water partition coefficient (Wildman–Crippen LogP) is 1.58. The summed E-state index contributed by atoms with van der Waals surface area (Å²) < 4.78 is 5.51. The average Bonchev–Trinajstić information content (AvgIpc) is 2.44. The number of hydrogen-bond acceptors (Lipinski definition) is 3. The van der Waals surface area contributed by atoms with Crippen LogP contribution in [0.3, 0.4) is 0 Å². The molecule has 0 unspecified atom stereocenters. The van der Waals surface area contributed by atoms with Gasteiger partial charge in [-0.2, -0.15) is 0 Å². The largest absolute Gasteiger partial charge is 0.371 e. The number of ether oxygens (including phenoxy) is 1. The first-order chi connectivity index (χ1) is 9.66. The molecular formula is C16H24N2O2. The SMILES string of the molecule is C[C@@H]1C[C@H](N)CCN1C(=O)COCCc1ccccc1. The zero-order valence-corrected chi connectivity index (χ0v) is 12.1. The van der Waals surface area contributed by atoms with E-state index in [9.17, 15) is 4.79 Å². The Bertz CT molecular complexity index is 422. The van der Waals surface area contributed by atoms with Crippen molar-refractivity contribution in [2.75, 3.05) is 19.8 Å². The Morgan fingerprint density at radius 2 is 2.15 bits per heavy atom. The van der Waals surface area contributed by atoms with Crippen molar-refractivity contribution < 1.29 is 9.53 Å². The number of hydrogen-bond donors (Lipinski definition) is 1. The monoisotopic (exact) mass is 276 g/mol. The minimum absolute atomic E-state index is 0.0810. The second-order valence-corrected chi connectivity index (χ2v) is 5.51. The van der Waals surface area contributed by atoms with Crippen molar-refractivity contribution in [2.45, 2.75) is 38.3 Å². The lowest BCUT2D eigenvalue weighted by atomic mass is 9.99. The molecule has 1 saturated heterocycles. The Morgan fingerprint density at radius 3 is 2.85 bits per heavy atom. The molecule has 110 valence electrons. The number of nitrogens with zero attached hydrogens (tertiary/aromatic N) is 1. The van der Waals surface area contributed by atoms with E-state index in [1.165, 1.54) is 5.56 Å². The molecule has 0 aromatic heterocycles. The van der Waals surface area contributed by atoms with Crippen molar-refractivity contribution in [3.8, 4) is 0 Å². The topological polar surface area (TPSA) is 55.6 Å². The molecule has 2 N–H and O–H groups in total. The van der Waals surface area contributed by atoms with Crippen LogP contribution in [0.15, 0.2) is 30.3 Å². The van der Waals surface area contributed by atoms with Gasteiger partial charge >= 0.3 is 0 Å². The zero-order chi connectivity index (χ0) is 14.4. The standard InChI is InChI=1S/C16H24N2O2/c1-13-11-15(17)7-9-18(13)16(19)12-20-10-8-14-5-3-2-4-6-14/h2-6,13,15H,7-12,17H2,1H3/t13-,15-/m1/s1. The summed E-state index contributed by atoms with van der Waals surface area (Å²) in [6.45, 7) is 3.56. The van der Waals surface area contributed by atoms with Crippen molar-refractivity contribution in [3.63, 3.8) is 0 Å². The molecule has 1 heterocycles. The van der Waals surface area contributed by atoms with E-state index in [2.05, 4.69) is 19.1 Å². The van der Waals surface area contributed by atoms with Gasteiger partial charge in [0.25, 0.3) is 0 Å². The van der Waals surface area contributed by atoms with Crippen LogP contribution in [0.5, 0.6) is 0 Å². The van der Waals surface area contributed by atoms with Crippen molar-refractivity contribution in [2.24, 2.45) is 5.73 Å². The zero-order valence-electron chi connectivity index (χ0n) is 12.1. The number of carbonyl (C=O) groups excluding carboxylic acids is 1. The summed E-state index contributed by atoms with van der Waals surface area (Å²) in [4.78, 5) is 14.0. The van der Waals surface area contributed by atoms with Gasteiger partial charge in [0.1, 0.15) is 6.61 Å². The van der Waals surface area contributed by atoms with Crippen LogP contribution < -0.4 is 5.73 Å². The first kappa shape index (κ1) is 15.0. The predicted molar refractivity (Wildman–Crippen MR) is 79.3 cm³/mol. The molecule has 2 rings (SSSR count). The average molecular weight is 276 g/mol. The van der Waals surface area contributed by atoms with Gasteiger partial charge < -0.3 is 15.4 Å². The summed E-state index contributed by atoms with van der Waals surface area (Å²) in [6, 6.07) is 10.6. The van der Waals surface area contributed by atoms with Crippen molar-refractivity contribution in [3.05, 3.63) is 35.9 Å². The van der Waals surface area contributed by atoms with E-state index in [0.717, 1.165) is 25.8 Å². The Balaban J connectivity index is 1.67. The highest BCUT2D eigenvalue weighted by atomic mass is 16.5. The Kier molecular flexibility index (Phi) is 5.56. The number of likely N-dealkylation sites (tertiary alicyclic amines) is 1. The van der Waals surface area contributed by atoms with Crippen LogP contribution in [0.4, 0.5) is 0 Å². The van der Waals surface area contributed by atoms with E-state index in [1.807, 2.05) is 23.1 Å². The molecule has 4 heteroatoms. The molecule has 0 aliphatic carbocycles. The van der Waals surface area contributed by atoms with Gasteiger partial charge in [-0.15, -0.1) is 0 Å². The van der Waals surface area contributed by atoms with Gasteiger partial charge in [0.2, 0.25) is 5.91 Å². The molecule has 0 radical (unpaired) electrons. The maximum absolute atomic E-state index is 12.1. The first-order valence-electron chi connectivity index (χ1n) is 7.33. The van der Waals surface area contributed by atoms with Crippen molar-refractivity contribution >= 4 is 5.91 Å². The van der Waals surface area contributed by atoms with Gasteiger partial charge in [0.05, 0.1) is 6.61 Å². The number of piperidine rings is 1. The number of carbonyl (C=O) groups is 1. The van der Waals surface area contributed by atoms with Crippen LogP contribution in [0, 0.1) is 0 Å². The Labute approximate surface area is 120 Å². The molecule has 1 aliphatic heterocycles. The number of nitrogens with two attached hydrogens (primary N) is 1. The number of rotatable bonds is 5. The first-order valence-corrected chi connectivity index (χ1v) is 7.33. The molecule has 1 aromatic carbocycles. The van der Waals surface area contributed by atoms with Gasteiger partial charge in [-0.1, -0.05) is 30.3 Å². The Morgan fingerprint density at radius 1 is 1.40 bits per heavy atom. The van der Waals surface area contributed by atoms with Crippen molar-refractivity contribution in [1.29, 1.82) is 0 Å². The smallest absolute Gasteiger partial charge is 0.248 e. The summed E-state index contributed by atoms with van der Waals surface area (Å²) in [5.74, 6) is 0.0810. The number of amides is 1. The summed E-state index contributed by atoms with van der Waals surface area (Å²) in [7, 11) is 0. The fourth-order valence-electron chi connectivity index (χ4n) is 2.66. The van der Waals surface area contributed by atoms with Crippen molar-refractivity contribution in [1.82, 2.24) is 4.90 Å². The molecule has 2 atom stereocenters. The van der Waals surface area contributed by atoms with Crippen LogP contribution >= 0.6 is 0 Å². The highest BCUT2D eigenvalue weighted by Gasteiger charge is 2.26. The molecule has 0 bridgehead atoms. The molecule has 1 fully saturated rings. The van der Waals surface area contributed by atoms with Crippen LogP contribution in [-0.4, -0.2) is 42.6 Å². The fourth-order valence-corrected chi connectivity index (χ4v) is 2.66. The third kappa shape index (κ3) is 4.32. The minimum Gasteiger partial charge on any atom is -0.371 e. The third-order valence-electron chi connectivity index (χ3n) is 3.84. The summed E-state index contributed by atoms with van der Waals surface area (Å²) in [5, 5.41) is 0. The van der Waals surface area contributed by atoms with Gasteiger partial charge in [-0.3, -0.25) is 4.79 Å². The maximum atomic E-state index is 12.1. The highest BCUT2D eigenvalue weighted by molar-refractivity contribution is 5.77. The van der Waals surface area contributed by atoms with Crippen LogP contribution in [0.25, 0.3) is 0 Å². The van der Waals surface area contributed by atoms with E-state index in [-0.39, 0.29) is 24.6 Å². The maximum Gasteiger partial charge on any atom is 0.248 e. The molecule has 20 heavy (non-hydrogen) atoms. The van der Waals surface area contributed by atoms with E-state index in [4.69, 9.17) is 10.5 Å². The summed E-state index contributed by atoms with van der Waals surface area (Å²) in [5.41, 5.74) is 7.14. The molecule has 0 saturated carbocycles. The quantitative estimate of drug-likeness (QED) is 0.831. The fraction of sp³-hybridized carbons (Fsp3) is 0.562. The third-order valence-corrected chi connectivity index (χ3v) is 3.84. The molecule has 0 spiro atoms. The second-order valence-electron chi connectivity index (χ2n) is 5.51. The molecule has 1 aliphatic rings. The van der Waals surface area contributed by atoms with Gasteiger partial charge in [0, 0.05) is 18.6 Å². The lowest BCUT2D eigenvalue weighted by Gasteiger charge is -2.36. The lowest BCUT2D eigenvalue weighted by molar-refractivity contribution is -0.139. The molecule has 1 amide bonds. The molecule has 4 nitrogen and oxygen atoms in total. The van der Waals surface area contributed by atoms with Crippen LogP contribution in [0.2, 0.25) is 0 Å². The Hall–Kier alpha value is -1.39. The van der Waals surface area contributed by atoms with E-state index >= 15 is 0 Å². The van der Waals surface area contributed by atoms with Gasteiger partial charge in [-0.05, 0) is 31.7 Å². The van der Waals surface area contributed by atoms with Gasteiger partial charge in [-0.25, -0.2) is 0 Å². The van der Waals surface area contributed by atoms with Gasteiger partial charge in [0.15, 0.2) is 0 Å². The van der Waals surface area contributed by atoms with Crippen LogP contribution in [0.1, 0.15) is 25.3 Å². The molecular weight excluding hydrogens is 252 g/mol. The minimum atomic E-state index is 0.0810. The molecule has 1 aromatic rings. The van der Waals surface area contributed by atoms with E-state index in [0.29, 0.717) is 6.61 Å². The number of benzene rings is 1.